The van der Waals surface area contributed by atoms with Gasteiger partial charge in [-0.1, -0.05) is 61.4 Å². The largest absolute Gasteiger partial charge is 0.464 e. The van der Waals surface area contributed by atoms with E-state index in [1.807, 2.05) is 6.08 Å². The molecule has 0 fully saturated rings. The van der Waals surface area contributed by atoms with Gasteiger partial charge in [0.05, 0.1) is 6.61 Å². The van der Waals surface area contributed by atoms with Gasteiger partial charge in [-0.05, 0) is 19.3 Å². The van der Waals surface area contributed by atoms with Crippen LogP contribution in [0.5, 0.6) is 0 Å². The second-order valence-corrected chi connectivity index (χ2v) is 5.12. The molecule has 0 heterocycles. The summed E-state index contributed by atoms with van der Waals surface area (Å²) in [6.07, 6.45) is 11.3. The smallest absolute Gasteiger partial charge is 0.339 e. The SMILES string of the molecule is C=CCCCCCCCCCOC(=O)C(Cl)Cl. The second kappa shape index (κ2) is 12.3. The number of carbonyl (C=O) groups is 1. The standard InChI is InChI=1S/C13H22Cl2O2/c1-2-3-4-5-6-7-8-9-10-11-17-13(16)12(14)15/h2,12H,1,3-11H2. The highest BCUT2D eigenvalue weighted by Gasteiger charge is 2.11. The molecule has 0 aliphatic rings. The minimum absolute atomic E-state index is 0.422. The van der Waals surface area contributed by atoms with Gasteiger partial charge < -0.3 is 4.74 Å². The monoisotopic (exact) mass is 280 g/mol. The number of ether oxygens (including phenoxy) is 1. The second-order valence-electron chi connectivity index (χ2n) is 4.02. The number of allylic oxidation sites excluding steroid dienone is 1. The zero-order chi connectivity index (χ0) is 12.9. The predicted octanol–water partition coefficient (Wildman–Crippen LogP) is 4.64. The predicted molar refractivity (Wildman–Crippen MR) is 73.6 cm³/mol. The van der Waals surface area contributed by atoms with Gasteiger partial charge in [0.1, 0.15) is 0 Å². The molecule has 2 nitrogen and oxygen atoms in total. The average molecular weight is 281 g/mol. The lowest BCUT2D eigenvalue weighted by Gasteiger charge is -2.04. The van der Waals surface area contributed by atoms with Crippen LogP contribution in [0.25, 0.3) is 0 Å². The molecule has 0 saturated heterocycles. The Labute approximate surface area is 114 Å². The molecule has 0 aliphatic heterocycles. The molecule has 0 saturated carbocycles. The van der Waals surface area contributed by atoms with Crippen LogP contribution in [-0.4, -0.2) is 17.4 Å². The van der Waals surface area contributed by atoms with E-state index in [0.717, 1.165) is 19.3 Å². The number of rotatable bonds is 11. The third kappa shape index (κ3) is 12.0. The Morgan fingerprint density at radius 3 is 2.12 bits per heavy atom. The van der Waals surface area contributed by atoms with E-state index in [9.17, 15) is 4.79 Å². The first-order chi connectivity index (χ1) is 8.18. The van der Waals surface area contributed by atoms with Crippen molar-refractivity contribution in [2.24, 2.45) is 0 Å². The van der Waals surface area contributed by atoms with Crippen LogP contribution < -0.4 is 0 Å². The van der Waals surface area contributed by atoms with E-state index in [0.29, 0.717) is 6.61 Å². The molecule has 100 valence electrons. The van der Waals surface area contributed by atoms with E-state index in [-0.39, 0.29) is 0 Å². The highest BCUT2D eigenvalue weighted by Crippen LogP contribution is 2.09. The van der Waals surface area contributed by atoms with Crippen molar-refractivity contribution < 1.29 is 9.53 Å². The fraction of sp³-hybridized carbons (Fsp3) is 0.769. The summed E-state index contributed by atoms with van der Waals surface area (Å²) in [7, 11) is 0. The summed E-state index contributed by atoms with van der Waals surface area (Å²) in [6.45, 7) is 4.12. The quantitative estimate of drug-likeness (QED) is 0.239. The molecule has 4 heteroatoms. The summed E-state index contributed by atoms with van der Waals surface area (Å²) in [5.41, 5.74) is 0. The van der Waals surface area contributed by atoms with Gasteiger partial charge >= 0.3 is 5.97 Å². The summed E-state index contributed by atoms with van der Waals surface area (Å²) in [4.78, 5) is 9.83. The lowest BCUT2D eigenvalue weighted by atomic mass is 10.1. The molecule has 0 aromatic heterocycles. The molecule has 0 unspecified atom stereocenters. The molecule has 0 bridgehead atoms. The van der Waals surface area contributed by atoms with Crippen LogP contribution in [0.3, 0.4) is 0 Å². The van der Waals surface area contributed by atoms with Crippen molar-refractivity contribution in [1.29, 1.82) is 0 Å². The molecule has 0 atom stereocenters. The summed E-state index contributed by atoms with van der Waals surface area (Å²) in [6, 6.07) is 0. The highest BCUT2D eigenvalue weighted by atomic mass is 35.5. The number of hydrogen-bond donors (Lipinski definition) is 0. The number of unbranched alkanes of at least 4 members (excludes halogenated alkanes) is 7. The van der Waals surface area contributed by atoms with Crippen molar-refractivity contribution in [2.45, 2.75) is 56.2 Å². The fourth-order valence-corrected chi connectivity index (χ4v) is 1.64. The number of hydrogen-bond acceptors (Lipinski definition) is 2. The molecular formula is C13H22Cl2O2. The first-order valence-electron chi connectivity index (χ1n) is 6.24. The maximum Gasteiger partial charge on any atom is 0.339 e. The molecule has 0 radical (unpaired) electrons. The van der Waals surface area contributed by atoms with Gasteiger partial charge in [-0.2, -0.15) is 0 Å². The van der Waals surface area contributed by atoms with E-state index in [4.69, 9.17) is 27.9 Å². The van der Waals surface area contributed by atoms with Crippen molar-refractivity contribution in [3.8, 4) is 0 Å². The van der Waals surface area contributed by atoms with Crippen LogP contribution in [0.1, 0.15) is 51.4 Å². The molecule has 0 aromatic carbocycles. The Morgan fingerprint density at radius 1 is 1.06 bits per heavy atom. The van der Waals surface area contributed by atoms with Crippen molar-refractivity contribution in [1.82, 2.24) is 0 Å². The minimum atomic E-state index is -1.06. The van der Waals surface area contributed by atoms with Crippen LogP contribution in [0.2, 0.25) is 0 Å². The summed E-state index contributed by atoms with van der Waals surface area (Å²) >= 11 is 10.7. The Hall–Kier alpha value is -0.210. The number of esters is 1. The van der Waals surface area contributed by atoms with Gasteiger partial charge in [-0.3, -0.25) is 0 Å². The summed E-state index contributed by atoms with van der Waals surface area (Å²) < 4.78 is 4.85. The topological polar surface area (TPSA) is 26.3 Å². The van der Waals surface area contributed by atoms with Gasteiger partial charge in [0, 0.05) is 0 Å². The number of alkyl halides is 2. The van der Waals surface area contributed by atoms with E-state index in [1.165, 1.54) is 32.1 Å². The van der Waals surface area contributed by atoms with E-state index < -0.39 is 10.8 Å². The van der Waals surface area contributed by atoms with Crippen LogP contribution >= 0.6 is 23.2 Å². The average Bonchev–Trinajstić information content (AvgIpc) is 2.31. The third-order valence-electron chi connectivity index (χ3n) is 2.48. The molecule has 0 N–H and O–H groups in total. The molecule has 0 amide bonds. The van der Waals surface area contributed by atoms with Crippen LogP contribution in [0.15, 0.2) is 12.7 Å². The number of carbonyl (C=O) groups excluding carboxylic acids is 1. The first-order valence-corrected chi connectivity index (χ1v) is 7.11. The lowest BCUT2D eigenvalue weighted by molar-refractivity contribution is -0.141. The van der Waals surface area contributed by atoms with E-state index in [2.05, 4.69) is 6.58 Å². The minimum Gasteiger partial charge on any atom is -0.464 e. The Balaban J connectivity index is 3.08. The molecule has 0 spiro atoms. The molecule has 0 rings (SSSR count). The lowest BCUT2D eigenvalue weighted by Crippen LogP contribution is -2.12. The Morgan fingerprint density at radius 2 is 1.59 bits per heavy atom. The van der Waals surface area contributed by atoms with Crippen molar-refractivity contribution >= 4 is 29.2 Å². The van der Waals surface area contributed by atoms with E-state index in [1.54, 1.807) is 0 Å². The first kappa shape index (κ1) is 16.8. The highest BCUT2D eigenvalue weighted by molar-refractivity contribution is 6.52. The zero-order valence-corrected chi connectivity index (χ0v) is 11.8. The van der Waals surface area contributed by atoms with Gasteiger partial charge in [-0.25, -0.2) is 4.79 Å². The molecule has 0 aliphatic carbocycles. The molecular weight excluding hydrogens is 259 g/mol. The van der Waals surface area contributed by atoms with Crippen LogP contribution in [-0.2, 0) is 9.53 Å². The number of halogens is 2. The van der Waals surface area contributed by atoms with Crippen LogP contribution in [0, 0.1) is 0 Å². The van der Waals surface area contributed by atoms with Gasteiger partial charge in [0.2, 0.25) is 4.84 Å². The van der Waals surface area contributed by atoms with Gasteiger partial charge in [-0.15, -0.1) is 6.58 Å². The van der Waals surface area contributed by atoms with E-state index >= 15 is 0 Å². The van der Waals surface area contributed by atoms with Crippen molar-refractivity contribution in [2.75, 3.05) is 6.61 Å². The van der Waals surface area contributed by atoms with Gasteiger partial charge in [0.25, 0.3) is 0 Å². The summed E-state index contributed by atoms with van der Waals surface area (Å²) in [5, 5.41) is 0. The summed E-state index contributed by atoms with van der Waals surface area (Å²) in [5.74, 6) is -0.544. The van der Waals surface area contributed by atoms with Crippen molar-refractivity contribution in [3.63, 3.8) is 0 Å². The zero-order valence-electron chi connectivity index (χ0n) is 10.3. The van der Waals surface area contributed by atoms with Gasteiger partial charge in [0.15, 0.2) is 0 Å². The molecule has 0 aromatic rings. The third-order valence-corrected chi connectivity index (χ3v) is 2.83. The Kier molecular flexibility index (Phi) is 12.1. The molecule has 17 heavy (non-hydrogen) atoms. The fourth-order valence-electron chi connectivity index (χ4n) is 1.51. The Bertz CT molecular complexity index is 206. The maximum absolute atomic E-state index is 10.9. The normalized spacial score (nSPS) is 10.5. The maximum atomic E-state index is 10.9. The van der Waals surface area contributed by atoms with Crippen molar-refractivity contribution in [3.05, 3.63) is 12.7 Å². The van der Waals surface area contributed by atoms with Crippen LogP contribution in [0.4, 0.5) is 0 Å².